The van der Waals surface area contributed by atoms with Gasteiger partial charge in [-0.05, 0) is 48.9 Å². The lowest BCUT2D eigenvalue weighted by atomic mass is 10.2. The van der Waals surface area contributed by atoms with Crippen molar-refractivity contribution < 1.29 is 9.21 Å². The molecule has 0 atom stereocenters. The summed E-state index contributed by atoms with van der Waals surface area (Å²) in [7, 11) is 0. The van der Waals surface area contributed by atoms with Crippen molar-refractivity contribution in [3.8, 4) is 11.6 Å². The molecule has 0 spiro atoms. The number of rotatable bonds is 6. The lowest BCUT2D eigenvalue weighted by Crippen LogP contribution is -2.15. The predicted molar refractivity (Wildman–Crippen MR) is 108 cm³/mol. The maximum atomic E-state index is 12.4. The predicted octanol–water partition coefficient (Wildman–Crippen LogP) is 4.34. The van der Waals surface area contributed by atoms with Gasteiger partial charge in [0.1, 0.15) is 0 Å². The van der Waals surface area contributed by atoms with Crippen molar-refractivity contribution in [2.45, 2.75) is 12.1 Å². The van der Waals surface area contributed by atoms with Gasteiger partial charge in [-0.1, -0.05) is 29.4 Å². The lowest BCUT2D eigenvalue weighted by molar-refractivity contribution is -0.113. The summed E-state index contributed by atoms with van der Waals surface area (Å²) >= 11 is 7.39. The van der Waals surface area contributed by atoms with Crippen LogP contribution in [0.4, 0.5) is 5.69 Å². The van der Waals surface area contributed by atoms with E-state index in [0.29, 0.717) is 27.5 Å². The number of furan rings is 1. The van der Waals surface area contributed by atoms with E-state index in [0.717, 1.165) is 5.56 Å². The number of benzene rings is 1. The average Bonchev–Trinajstić information content (AvgIpc) is 3.43. The van der Waals surface area contributed by atoms with Gasteiger partial charge in [-0.3, -0.25) is 9.47 Å². The second-order valence-electron chi connectivity index (χ2n) is 5.96. The molecule has 0 aliphatic rings. The normalized spacial score (nSPS) is 10.9. The van der Waals surface area contributed by atoms with E-state index in [1.54, 1.807) is 23.1 Å². The summed E-state index contributed by atoms with van der Waals surface area (Å²) in [6.45, 7) is 1.91. The van der Waals surface area contributed by atoms with Crippen LogP contribution < -0.4 is 5.32 Å². The van der Waals surface area contributed by atoms with Gasteiger partial charge in [0, 0.05) is 23.1 Å². The average molecular weight is 414 g/mol. The number of anilines is 1. The van der Waals surface area contributed by atoms with Crippen molar-refractivity contribution >= 4 is 35.0 Å². The highest BCUT2D eigenvalue weighted by Gasteiger charge is 2.18. The molecule has 3 heterocycles. The van der Waals surface area contributed by atoms with Gasteiger partial charge in [-0.15, -0.1) is 10.2 Å². The van der Waals surface area contributed by atoms with Crippen LogP contribution >= 0.6 is 23.4 Å². The van der Waals surface area contributed by atoms with Crippen molar-refractivity contribution in [1.82, 2.24) is 19.5 Å². The summed E-state index contributed by atoms with van der Waals surface area (Å²) in [5, 5.41) is 12.5. The minimum atomic E-state index is -0.161. The number of hydrogen-bond donors (Lipinski definition) is 1. The van der Waals surface area contributed by atoms with Gasteiger partial charge < -0.3 is 9.73 Å². The third-order valence-electron chi connectivity index (χ3n) is 3.96. The van der Waals surface area contributed by atoms with Gasteiger partial charge in [0.2, 0.25) is 16.9 Å². The third-order valence-corrected chi connectivity index (χ3v) is 5.29. The fourth-order valence-corrected chi connectivity index (χ4v) is 3.49. The standard InChI is InChI=1S/C19H16ClN5O2S/c1-13-6-7-14(11-15(13)20)21-17(26)12-28-19-23-22-18(16-5-4-10-27-16)25(19)24-8-2-3-9-24/h2-11H,12H2,1H3,(H,21,26). The van der Waals surface area contributed by atoms with E-state index in [-0.39, 0.29) is 11.7 Å². The Morgan fingerprint density at radius 2 is 2.04 bits per heavy atom. The molecule has 0 saturated carbocycles. The van der Waals surface area contributed by atoms with Gasteiger partial charge in [0.15, 0.2) is 5.76 Å². The molecule has 0 aliphatic heterocycles. The second-order valence-corrected chi connectivity index (χ2v) is 7.31. The van der Waals surface area contributed by atoms with Crippen molar-refractivity contribution in [2.24, 2.45) is 0 Å². The zero-order valence-electron chi connectivity index (χ0n) is 14.9. The monoisotopic (exact) mass is 413 g/mol. The highest BCUT2D eigenvalue weighted by molar-refractivity contribution is 7.99. The first-order chi connectivity index (χ1) is 13.6. The zero-order valence-corrected chi connectivity index (χ0v) is 16.4. The quantitative estimate of drug-likeness (QED) is 0.475. The van der Waals surface area contributed by atoms with Crippen LogP contribution in [0.2, 0.25) is 5.02 Å². The summed E-state index contributed by atoms with van der Waals surface area (Å²) in [6.07, 6.45) is 5.32. The van der Waals surface area contributed by atoms with E-state index in [2.05, 4.69) is 15.5 Å². The van der Waals surface area contributed by atoms with Crippen LogP contribution in [0.5, 0.6) is 0 Å². The van der Waals surface area contributed by atoms with Crippen LogP contribution in [0.1, 0.15) is 5.56 Å². The summed E-state index contributed by atoms with van der Waals surface area (Å²) in [5.74, 6) is 1.15. The van der Waals surface area contributed by atoms with Crippen LogP contribution in [-0.4, -0.2) is 31.2 Å². The van der Waals surface area contributed by atoms with Crippen LogP contribution in [0, 0.1) is 6.92 Å². The number of hydrogen-bond acceptors (Lipinski definition) is 5. The molecular weight excluding hydrogens is 398 g/mol. The number of aryl methyl sites for hydroxylation is 1. The summed E-state index contributed by atoms with van der Waals surface area (Å²) in [5.41, 5.74) is 1.61. The molecule has 0 unspecified atom stereocenters. The van der Waals surface area contributed by atoms with Gasteiger partial charge in [0.05, 0.1) is 12.0 Å². The van der Waals surface area contributed by atoms with E-state index in [9.17, 15) is 4.79 Å². The molecule has 9 heteroatoms. The Labute approximate surface area is 170 Å². The number of halogens is 1. The summed E-state index contributed by atoms with van der Waals surface area (Å²) < 4.78 is 9.08. The number of nitrogens with one attached hydrogen (secondary N) is 1. The molecule has 1 aromatic carbocycles. The first kappa shape index (κ1) is 18.4. The zero-order chi connectivity index (χ0) is 19.5. The maximum absolute atomic E-state index is 12.4. The summed E-state index contributed by atoms with van der Waals surface area (Å²) in [6, 6.07) is 12.8. The summed E-state index contributed by atoms with van der Waals surface area (Å²) in [4.78, 5) is 12.4. The number of aromatic nitrogens is 4. The van der Waals surface area contributed by atoms with E-state index < -0.39 is 0 Å². The molecule has 28 heavy (non-hydrogen) atoms. The maximum Gasteiger partial charge on any atom is 0.234 e. The topological polar surface area (TPSA) is 77.9 Å². The van der Waals surface area contributed by atoms with Gasteiger partial charge in [0.25, 0.3) is 0 Å². The third kappa shape index (κ3) is 3.83. The van der Waals surface area contributed by atoms with E-state index in [4.69, 9.17) is 16.0 Å². The van der Waals surface area contributed by atoms with Gasteiger partial charge in [-0.25, -0.2) is 4.68 Å². The molecule has 4 rings (SSSR count). The first-order valence-electron chi connectivity index (χ1n) is 8.43. The molecule has 1 N–H and O–H groups in total. The fraction of sp³-hybridized carbons (Fsp3) is 0.105. The van der Waals surface area contributed by atoms with E-state index in [1.807, 2.05) is 54.3 Å². The van der Waals surface area contributed by atoms with Gasteiger partial charge >= 0.3 is 0 Å². The van der Waals surface area contributed by atoms with Gasteiger partial charge in [-0.2, -0.15) is 0 Å². The first-order valence-corrected chi connectivity index (χ1v) is 9.80. The van der Waals surface area contributed by atoms with Crippen LogP contribution in [0.3, 0.4) is 0 Å². The molecule has 7 nitrogen and oxygen atoms in total. The molecule has 0 fully saturated rings. The molecule has 0 aliphatic carbocycles. The molecule has 0 saturated heterocycles. The second kappa shape index (κ2) is 7.95. The molecule has 0 radical (unpaired) electrons. The largest absolute Gasteiger partial charge is 0.461 e. The number of thioether (sulfide) groups is 1. The molecule has 0 bridgehead atoms. The number of nitrogens with zero attached hydrogens (tertiary/aromatic N) is 4. The van der Waals surface area contributed by atoms with Crippen molar-refractivity contribution in [1.29, 1.82) is 0 Å². The molecule has 3 aromatic heterocycles. The van der Waals surface area contributed by atoms with E-state index in [1.165, 1.54) is 11.8 Å². The van der Waals surface area contributed by atoms with Crippen molar-refractivity contribution in [3.63, 3.8) is 0 Å². The van der Waals surface area contributed by atoms with Crippen LogP contribution in [0.25, 0.3) is 11.6 Å². The Morgan fingerprint density at radius 1 is 1.21 bits per heavy atom. The van der Waals surface area contributed by atoms with Crippen molar-refractivity contribution in [3.05, 3.63) is 71.7 Å². The Bertz CT molecular complexity index is 1090. The van der Waals surface area contributed by atoms with Crippen LogP contribution in [0.15, 0.2) is 70.7 Å². The molecule has 142 valence electrons. The van der Waals surface area contributed by atoms with Crippen LogP contribution in [-0.2, 0) is 4.79 Å². The molecule has 4 aromatic rings. The van der Waals surface area contributed by atoms with E-state index >= 15 is 0 Å². The smallest absolute Gasteiger partial charge is 0.234 e. The SMILES string of the molecule is Cc1ccc(NC(=O)CSc2nnc(-c3ccco3)n2-n2cccc2)cc1Cl. The minimum Gasteiger partial charge on any atom is -0.461 e. The molecule has 1 amide bonds. The highest BCUT2D eigenvalue weighted by atomic mass is 35.5. The minimum absolute atomic E-state index is 0.161. The fourth-order valence-electron chi connectivity index (χ4n) is 2.58. The Balaban J connectivity index is 1.52. The molecular formula is C19H16ClN5O2S. The number of amides is 1. The Morgan fingerprint density at radius 3 is 2.75 bits per heavy atom. The highest BCUT2D eigenvalue weighted by Crippen LogP contribution is 2.25. The Hall–Kier alpha value is -2.97. The Kier molecular flexibility index (Phi) is 5.23. The number of carbonyl (C=O) groups is 1. The van der Waals surface area contributed by atoms with Crippen molar-refractivity contribution in [2.75, 3.05) is 11.1 Å². The lowest BCUT2D eigenvalue weighted by Gasteiger charge is -2.10. The number of carbonyl (C=O) groups excluding carboxylic acids is 1.